The van der Waals surface area contributed by atoms with Crippen LogP contribution in [0.5, 0.6) is 5.88 Å². The molecular weight excluding hydrogens is 280 g/mol. The van der Waals surface area contributed by atoms with Crippen molar-refractivity contribution in [3.63, 3.8) is 0 Å². The van der Waals surface area contributed by atoms with Crippen molar-refractivity contribution in [2.45, 2.75) is 20.3 Å². The molecule has 114 valence electrons. The zero-order chi connectivity index (χ0) is 15.2. The van der Waals surface area contributed by atoms with Gasteiger partial charge in [-0.25, -0.2) is 22.7 Å². The SMILES string of the molecule is CCN(CCCNc1ncnc(OC)c1C)S(C)(=O)=O. The van der Waals surface area contributed by atoms with Gasteiger partial charge >= 0.3 is 0 Å². The van der Waals surface area contributed by atoms with Gasteiger partial charge in [-0.1, -0.05) is 6.92 Å². The highest BCUT2D eigenvalue weighted by atomic mass is 32.2. The summed E-state index contributed by atoms with van der Waals surface area (Å²) in [4.78, 5) is 8.14. The van der Waals surface area contributed by atoms with Crippen molar-refractivity contribution in [3.05, 3.63) is 11.9 Å². The highest BCUT2D eigenvalue weighted by molar-refractivity contribution is 7.88. The largest absolute Gasteiger partial charge is 0.481 e. The van der Waals surface area contributed by atoms with E-state index in [4.69, 9.17) is 4.74 Å². The normalized spacial score (nSPS) is 11.7. The maximum Gasteiger partial charge on any atom is 0.221 e. The van der Waals surface area contributed by atoms with Crippen molar-refractivity contribution >= 4 is 15.8 Å². The summed E-state index contributed by atoms with van der Waals surface area (Å²) < 4.78 is 29.4. The van der Waals surface area contributed by atoms with Crippen LogP contribution in [0.1, 0.15) is 18.9 Å². The smallest absolute Gasteiger partial charge is 0.221 e. The fourth-order valence-corrected chi connectivity index (χ4v) is 2.77. The number of ether oxygens (including phenoxy) is 1. The van der Waals surface area contributed by atoms with Gasteiger partial charge in [0, 0.05) is 19.6 Å². The van der Waals surface area contributed by atoms with Crippen molar-refractivity contribution < 1.29 is 13.2 Å². The minimum absolute atomic E-state index is 0.485. The first-order valence-corrected chi connectivity index (χ1v) is 8.29. The lowest BCUT2D eigenvalue weighted by Gasteiger charge is -2.18. The Hall–Kier alpha value is -1.41. The summed E-state index contributed by atoms with van der Waals surface area (Å²) in [6.45, 7) is 5.31. The molecule has 7 nitrogen and oxygen atoms in total. The molecule has 1 aromatic heterocycles. The average molecular weight is 302 g/mol. The van der Waals surface area contributed by atoms with Gasteiger partial charge in [-0.3, -0.25) is 0 Å². The molecule has 0 aliphatic rings. The molecule has 0 aliphatic carbocycles. The van der Waals surface area contributed by atoms with E-state index in [1.807, 2.05) is 13.8 Å². The quantitative estimate of drug-likeness (QED) is 0.718. The Morgan fingerprint density at radius 3 is 2.65 bits per heavy atom. The van der Waals surface area contributed by atoms with Crippen LogP contribution in [0.4, 0.5) is 5.82 Å². The summed E-state index contributed by atoms with van der Waals surface area (Å²) in [5, 5.41) is 3.17. The predicted molar refractivity (Wildman–Crippen MR) is 78.5 cm³/mol. The van der Waals surface area contributed by atoms with Crippen LogP contribution in [0.25, 0.3) is 0 Å². The zero-order valence-corrected chi connectivity index (χ0v) is 13.2. The van der Waals surface area contributed by atoms with Crippen LogP contribution in [0.15, 0.2) is 6.33 Å². The summed E-state index contributed by atoms with van der Waals surface area (Å²) in [5.74, 6) is 1.24. The van der Waals surface area contributed by atoms with Gasteiger partial charge in [0.15, 0.2) is 0 Å². The van der Waals surface area contributed by atoms with Crippen LogP contribution in [0.2, 0.25) is 0 Å². The molecule has 0 aromatic carbocycles. The van der Waals surface area contributed by atoms with Gasteiger partial charge in [0.2, 0.25) is 15.9 Å². The van der Waals surface area contributed by atoms with Gasteiger partial charge in [0.05, 0.1) is 18.9 Å². The first-order valence-electron chi connectivity index (χ1n) is 6.44. The third kappa shape index (κ3) is 4.61. The number of hydrogen-bond donors (Lipinski definition) is 1. The topological polar surface area (TPSA) is 84.4 Å². The second kappa shape index (κ2) is 7.39. The Morgan fingerprint density at radius 1 is 1.40 bits per heavy atom. The number of rotatable bonds is 8. The lowest BCUT2D eigenvalue weighted by Crippen LogP contribution is -2.31. The number of hydrogen-bond acceptors (Lipinski definition) is 6. The number of anilines is 1. The first kappa shape index (κ1) is 16.6. The van der Waals surface area contributed by atoms with E-state index < -0.39 is 10.0 Å². The molecule has 0 radical (unpaired) electrons. The summed E-state index contributed by atoms with van der Waals surface area (Å²) in [7, 11) is -1.56. The fraction of sp³-hybridized carbons (Fsp3) is 0.667. The van der Waals surface area contributed by atoms with Crippen LogP contribution < -0.4 is 10.1 Å². The van der Waals surface area contributed by atoms with Crippen LogP contribution in [0.3, 0.4) is 0 Å². The summed E-state index contributed by atoms with van der Waals surface area (Å²) in [6.07, 6.45) is 3.36. The third-order valence-corrected chi connectivity index (χ3v) is 4.31. The number of methoxy groups -OCH3 is 1. The van der Waals surface area contributed by atoms with Gasteiger partial charge in [-0.15, -0.1) is 0 Å². The zero-order valence-electron chi connectivity index (χ0n) is 12.4. The number of nitrogens with zero attached hydrogens (tertiary/aromatic N) is 3. The van der Waals surface area contributed by atoms with Crippen molar-refractivity contribution in [2.24, 2.45) is 0 Å². The van der Waals surface area contributed by atoms with Crippen molar-refractivity contribution in [3.8, 4) is 5.88 Å². The van der Waals surface area contributed by atoms with Crippen LogP contribution in [-0.2, 0) is 10.0 Å². The minimum atomic E-state index is -3.12. The van der Waals surface area contributed by atoms with E-state index in [1.165, 1.54) is 16.9 Å². The van der Waals surface area contributed by atoms with Gasteiger partial charge in [0.25, 0.3) is 0 Å². The van der Waals surface area contributed by atoms with E-state index in [2.05, 4.69) is 15.3 Å². The lowest BCUT2D eigenvalue weighted by atomic mass is 10.3. The molecule has 0 fully saturated rings. The Balaban J connectivity index is 2.49. The molecule has 1 N–H and O–H groups in total. The van der Waals surface area contributed by atoms with E-state index in [1.54, 1.807) is 7.11 Å². The van der Waals surface area contributed by atoms with Crippen LogP contribution in [0, 0.1) is 6.92 Å². The highest BCUT2D eigenvalue weighted by Gasteiger charge is 2.13. The molecule has 1 rings (SSSR count). The second-order valence-corrected chi connectivity index (χ2v) is 6.37. The van der Waals surface area contributed by atoms with Crippen molar-refractivity contribution in [1.29, 1.82) is 0 Å². The molecule has 0 saturated carbocycles. The van der Waals surface area contributed by atoms with Crippen molar-refractivity contribution in [2.75, 3.05) is 38.3 Å². The van der Waals surface area contributed by atoms with Crippen molar-refractivity contribution in [1.82, 2.24) is 14.3 Å². The van der Waals surface area contributed by atoms with Gasteiger partial charge in [0.1, 0.15) is 12.1 Å². The Labute approximate surface area is 120 Å². The molecule has 0 unspecified atom stereocenters. The predicted octanol–water partition coefficient (Wildman–Crippen LogP) is 0.877. The molecular formula is C12H22N4O3S. The van der Waals surface area contributed by atoms with E-state index in [-0.39, 0.29) is 0 Å². The molecule has 0 aliphatic heterocycles. The fourth-order valence-electron chi connectivity index (χ4n) is 1.84. The van der Waals surface area contributed by atoms with E-state index >= 15 is 0 Å². The molecule has 1 aromatic rings. The molecule has 8 heteroatoms. The van der Waals surface area contributed by atoms with Gasteiger partial charge < -0.3 is 10.1 Å². The lowest BCUT2D eigenvalue weighted by molar-refractivity contribution is 0.393. The maximum atomic E-state index is 11.4. The number of sulfonamides is 1. The molecule has 1 heterocycles. The summed E-state index contributed by atoms with van der Waals surface area (Å²) >= 11 is 0. The molecule has 0 saturated heterocycles. The molecule has 0 amide bonds. The van der Waals surface area contributed by atoms with Gasteiger partial charge in [-0.2, -0.15) is 0 Å². The Morgan fingerprint density at radius 2 is 2.10 bits per heavy atom. The second-order valence-electron chi connectivity index (χ2n) is 4.39. The van der Waals surface area contributed by atoms with Gasteiger partial charge in [-0.05, 0) is 13.3 Å². The van der Waals surface area contributed by atoms with E-state index in [0.29, 0.717) is 37.8 Å². The van der Waals surface area contributed by atoms with Crippen LogP contribution >= 0.6 is 0 Å². The standard InChI is InChI=1S/C12H22N4O3S/c1-5-16(20(4,17)18)8-6-7-13-11-10(2)12(19-3)15-9-14-11/h9H,5-8H2,1-4H3,(H,13,14,15). The average Bonchev–Trinajstić information content (AvgIpc) is 2.39. The summed E-state index contributed by atoms with van der Waals surface area (Å²) in [6, 6.07) is 0. The number of nitrogens with one attached hydrogen (secondary N) is 1. The molecule has 0 spiro atoms. The third-order valence-electron chi connectivity index (χ3n) is 2.93. The molecule has 0 bridgehead atoms. The molecule has 20 heavy (non-hydrogen) atoms. The maximum absolute atomic E-state index is 11.4. The molecule has 0 atom stereocenters. The monoisotopic (exact) mass is 302 g/mol. The number of aromatic nitrogens is 2. The van der Waals surface area contributed by atoms with E-state index in [0.717, 1.165) is 5.56 Å². The Bertz CT molecular complexity index is 534. The first-order chi connectivity index (χ1) is 9.40. The Kier molecular flexibility index (Phi) is 6.15. The highest BCUT2D eigenvalue weighted by Crippen LogP contribution is 2.19. The summed E-state index contributed by atoms with van der Waals surface area (Å²) in [5.41, 5.74) is 0.838. The minimum Gasteiger partial charge on any atom is -0.481 e. The van der Waals surface area contributed by atoms with Crippen LogP contribution in [-0.4, -0.2) is 55.7 Å². The van der Waals surface area contributed by atoms with E-state index in [9.17, 15) is 8.42 Å².